The van der Waals surface area contributed by atoms with E-state index in [0.29, 0.717) is 0 Å². The van der Waals surface area contributed by atoms with E-state index in [-0.39, 0.29) is 0 Å². The maximum Gasteiger partial charge on any atom is 0.0555 e. The van der Waals surface area contributed by atoms with Gasteiger partial charge in [0.25, 0.3) is 0 Å². The summed E-state index contributed by atoms with van der Waals surface area (Å²) < 4.78 is 4.94. The van der Waals surface area contributed by atoms with Gasteiger partial charge in [0.15, 0.2) is 0 Å². The summed E-state index contributed by atoms with van der Waals surface area (Å²) in [6.45, 7) is 2.26. The molecular formula is C61H42N2S. The van der Waals surface area contributed by atoms with Gasteiger partial charge in [0.1, 0.15) is 0 Å². The lowest BCUT2D eigenvalue weighted by molar-refractivity contribution is 1.18. The molecule has 2 heterocycles. The van der Waals surface area contributed by atoms with Crippen LogP contribution in [0.3, 0.4) is 0 Å². The fourth-order valence-electron chi connectivity index (χ4n) is 9.81. The van der Waals surface area contributed by atoms with Crippen molar-refractivity contribution in [2.75, 3.05) is 4.90 Å². The summed E-state index contributed by atoms with van der Waals surface area (Å²) in [5.41, 5.74) is 17.9. The Kier molecular flexibility index (Phi) is 9.28. The highest BCUT2D eigenvalue weighted by molar-refractivity contribution is 7.26. The van der Waals surface area contributed by atoms with Crippen molar-refractivity contribution >= 4 is 70.4 Å². The Morgan fingerprint density at radius 2 is 0.906 bits per heavy atom. The highest BCUT2D eigenvalue weighted by atomic mass is 32.1. The fraction of sp³-hybridized carbons (Fsp3) is 0.0164. The third kappa shape index (κ3) is 6.40. The van der Waals surface area contributed by atoms with E-state index >= 15 is 0 Å². The molecule has 0 aliphatic carbocycles. The number of aromatic nitrogens is 1. The summed E-state index contributed by atoms with van der Waals surface area (Å²) in [6.07, 6.45) is 0. The second kappa shape index (κ2) is 15.7. The minimum absolute atomic E-state index is 1.10. The zero-order valence-electron chi connectivity index (χ0n) is 35.3. The Balaban J connectivity index is 1.07. The van der Waals surface area contributed by atoms with Crippen LogP contribution in [0.1, 0.15) is 5.56 Å². The van der Waals surface area contributed by atoms with Crippen molar-refractivity contribution in [3.63, 3.8) is 0 Å². The van der Waals surface area contributed by atoms with E-state index in [4.69, 9.17) is 0 Å². The highest BCUT2D eigenvalue weighted by Gasteiger charge is 2.24. The van der Waals surface area contributed by atoms with Gasteiger partial charge in [-0.05, 0) is 118 Å². The second-order valence-corrected chi connectivity index (χ2v) is 17.6. The van der Waals surface area contributed by atoms with Crippen molar-refractivity contribution in [1.82, 2.24) is 4.57 Å². The molecule has 0 aliphatic rings. The van der Waals surface area contributed by atoms with Gasteiger partial charge in [-0.15, -0.1) is 11.3 Å². The average Bonchev–Trinajstić information content (AvgIpc) is 3.92. The summed E-state index contributed by atoms with van der Waals surface area (Å²) in [5.74, 6) is 0. The molecule has 0 unspecified atom stereocenters. The van der Waals surface area contributed by atoms with E-state index in [1.165, 1.54) is 92.0 Å². The fourth-order valence-corrected chi connectivity index (χ4v) is 11.1. The third-order valence-electron chi connectivity index (χ3n) is 12.7. The van der Waals surface area contributed by atoms with Gasteiger partial charge >= 0.3 is 0 Å². The molecule has 2 nitrogen and oxygen atoms in total. The molecule has 302 valence electrons. The van der Waals surface area contributed by atoms with Crippen LogP contribution in [-0.2, 0) is 0 Å². The first-order chi connectivity index (χ1) is 31.7. The van der Waals surface area contributed by atoms with E-state index < -0.39 is 0 Å². The van der Waals surface area contributed by atoms with Gasteiger partial charge in [-0.2, -0.15) is 0 Å². The van der Waals surface area contributed by atoms with Crippen LogP contribution in [0.25, 0.3) is 92.2 Å². The van der Waals surface area contributed by atoms with Gasteiger partial charge < -0.3 is 9.47 Å². The summed E-state index contributed by atoms with van der Waals surface area (Å²) in [7, 11) is 0. The zero-order chi connectivity index (χ0) is 42.6. The molecule has 12 rings (SSSR count). The van der Waals surface area contributed by atoms with Crippen LogP contribution in [0.2, 0.25) is 0 Å². The summed E-state index contributed by atoms with van der Waals surface area (Å²) in [5, 5.41) is 5.05. The SMILES string of the molecule is Cc1cc(N(c2ccc(-c3ccccc3)cc2)c2ccc(-c3ccc(-n4c5ccccc5c5ccccc54)cc3)c3sc4ccccc4c23)cc(-c2ccccc2)c1-c1ccccc1. The van der Waals surface area contributed by atoms with Gasteiger partial charge in [-0.1, -0.05) is 176 Å². The van der Waals surface area contributed by atoms with Gasteiger partial charge in [-0.3, -0.25) is 0 Å². The van der Waals surface area contributed by atoms with Crippen LogP contribution in [-0.4, -0.2) is 4.57 Å². The molecule has 0 radical (unpaired) electrons. The molecule has 0 aliphatic heterocycles. The van der Waals surface area contributed by atoms with Crippen molar-refractivity contribution in [2.45, 2.75) is 6.92 Å². The Labute approximate surface area is 377 Å². The molecule has 0 saturated heterocycles. The molecule has 0 amide bonds. The molecule has 0 saturated carbocycles. The van der Waals surface area contributed by atoms with Gasteiger partial charge in [0.05, 0.1) is 16.7 Å². The first kappa shape index (κ1) is 37.8. The minimum atomic E-state index is 1.10. The number of benzene rings is 10. The van der Waals surface area contributed by atoms with E-state index in [1.54, 1.807) is 0 Å². The molecular weight excluding hydrogens is 793 g/mol. The number of hydrogen-bond acceptors (Lipinski definition) is 2. The number of para-hydroxylation sites is 2. The van der Waals surface area contributed by atoms with Gasteiger partial charge in [0.2, 0.25) is 0 Å². The molecule has 10 aromatic carbocycles. The monoisotopic (exact) mass is 834 g/mol. The predicted molar refractivity (Wildman–Crippen MR) is 275 cm³/mol. The minimum Gasteiger partial charge on any atom is -0.310 e. The summed E-state index contributed by atoms with van der Waals surface area (Å²) in [6, 6.07) is 86.4. The first-order valence-corrected chi connectivity index (χ1v) is 22.7. The molecule has 0 bridgehead atoms. The molecule has 12 aromatic rings. The van der Waals surface area contributed by atoms with Crippen LogP contribution >= 0.6 is 11.3 Å². The van der Waals surface area contributed by atoms with Crippen molar-refractivity contribution in [3.8, 4) is 50.2 Å². The number of rotatable bonds is 8. The lowest BCUT2D eigenvalue weighted by Gasteiger charge is -2.29. The molecule has 0 atom stereocenters. The zero-order valence-corrected chi connectivity index (χ0v) is 36.1. The average molecular weight is 835 g/mol. The summed E-state index contributed by atoms with van der Waals surface area (Å²) in [4.78, 5) is 2.49. The van der Waals surface area contributed by atoms with E-state index in [9.17, 15) is 0 Å². The number of aryl methyl sites for hydroxylation is 1. The number of nitrogens with zero attached hydrogens (tertiary/aromatic N) is 2. The van der Waals surface area contributed by atoms with Crippen LogP contribution in [0.4, 0.5) is 17.1 Å². The summed E-state index contributed by atoms with van der Waals surface area (Å²) >= 11 is 1.88. The Morgan fingerprint density at radius 1 is 0.391 bits per heavy atom. The van der Waals surface area contributed by atoms with Crippen LogP contribution in [0.5, 0.6) is 0 Å². The molecule has 0 spiro atoms. The van der Waals surface area contributed by atoms with Gasteiger partial charge in [-0.25, -0.2) is 0 Å². The smallest absolute Gasteiger partial charge is 0.0555 e. The van der Waals surface area contributed by atoms with Crippen molar-refractivity contribution < 1.29 is 0 Å². The highest BCUT2D eigenvalue weighted by Crippen LogP contribution is 2.50. The predicted octanol–water partition coefficient (Wildman–Crippen LogP) is 17.6. The van der Waals surface area contributed by atoms with Crippen LogP contribution < -0.4 is 4.90 Å². The third-order valence-corrected chi connectivity index (χ3v) is 13.9. The lowest BCUT2D eigenvalue weighted by Crippen LogP contribution is -2.11. The molecule has 64 heavy (non-hydrogen) atoms. The van der Waals surface area contributed by atoms with Crippen molar-refractivity contribution in [2.24, 2.45) is 0 Å². The van der Waals surface area contributed by atoms with Crippen molar-refractivity contribution in [1.29, 1.82) is 0 Å². The number of fused-ring (bicyclic) bond motifs is 6. The molecule has 0 fully saturated rings. The largest absolute Gasteiger partial charge is 0.310 e. The molecule has 2 aromatic heterocycles. The maximum absolute atomic E-state index is 2.49. The second-order valence-electron chi connectivity index (χ2n) is 16.5. The Bertz CT molecular complexity index is 3590. The van der Waals surface area contributed by atoms with Crippen molar-refractivity contribution in [3.05, 3.63) is 242 Å². The number of thiophene rings is 1. The normalized spacial score (nSPS) is 11.5. The van der Waals surface area contributed by atoms with E-state index in [0.717, 1.165) is 22.7 Å². The molecule has 3 heteroatoms. The first-order valence-electron chi connectivity index (χ1n) is 21.9. The van der Waals surface area contributed by atoms with E-state index in [1.807, 2.05) is 11.3 Å². The number of anilines is 3. The van der Waals surface area contributed by atoms with Crippen LogP contribution in [0, 0.1) is 6.92 Å². The van der Waals surface area contributed by atoms with E-state index in [2.05, 4.69) is 253 Å². The van der Waals surface area contributed by atoms with Gasteiger partial charge in [0, 0.05) is 48.0 Å². The Morgan fingerprint density at radius 3 is 1.56 bits per heavy atom. The topological polar surface area (TPSA) is 8.17 Å². The Hall–Kier alpha value is -7.98. The van der Waals surface area contributed by atoms with Crippen LogP contribution in [0.15, 0.2) is 237 Å². The standard InChI is InChI=1S/C61H42N2S/c1-41-39-49(40-54(44-19-7-3-8-20-44)59(41)46-21-9-4-10-22-46)62(47-33-29-43(30-34-47)42-17-5-2-6-18-42)57-38-37-50(61-60(57)53-25-13-16-28-58(53)64-61)45-31-35-48(36-32-45)63-55-26-14-11-23-51(55)52-24-12-15-27-56(52)63/h2-40H,1H3. The quantitative estimate of drug-likeness (QED) is 0.148. The molecule has 0 N–H and O–H groups in total. The lowest BCUT2D eigenvalue weighted by atomic mass is 9.90. The maximum atomic E-state index is 2.49. The number of hydrogen-bond donors (Lipinski definition) is 0.